The predicted octanol–water partition coefficient (Wildman–Crippen LogP) is 1.24. The first-order chi connectivity index (χ1) is 9.22. The lowest BCUT2D eigenvalue weighted by atomic mass is 10.0. The molecule has 1 saturated heterocycles. The summed E-state index contributed by atoms with van der Waals surface area (Å²) in [7, 11) is 0. The number of likely N-dealkylation sites (N-methyl/N-ethyl adjacent to an activating group) is 1. The number of hydrogen-bond acceptors (Lipinski definition) is 3. The lowest BCUT2D eigenvalue weighted by Gasteiger charge is -2.18. The minimum Gasteiger partial charge on any atom is -0.379 e. The van der Waals surface area contributed by atoms with Gasteiger partial charge in [0.1, 0.15) is 0 Å². The summed E-state index contributed by atoms with van der Waals surface area (Å²) in [4.78, 5) is 12.2. The molecule has 2 unspecified atom stereocenters. The normalized spacial score (nSPS) is 22.4. The zero-order valence-electron chi connectivity index (χ0n) is 11.6. The van der Waals surface area contributed by atoms with Crippen LogP contribution in [0.5, 0.6) is 0 Å². The first kappa shape index (κ1) is 14.0. The molecule has 1 heterocycles. The molecule has 104 valence electrons. The van der Waals surface area contributed by atoms with Gasteiger partial charge in [0.15, 0.2) is 0 Å². The fraction of sp³-hybridized carbons (Fsp3) is 0.533. The van der Waals surface area contributed by atoms with E-state index in [0.29, 0.717) is 19.8 Å². The second kappa shape index (κ2) is 6.68. The number of rotatable bonds is 5. The van der Waals surface area contributed by atoms with Crippen molar-refractivity contribution in [3.05, 3.63) is 35.4 Å². The van der Waals surface area contributed by atoms with E-state index in [4.69, 9.17) is 4.74 Å². The lowest BCUT2D eigenvalue weighted by Crippen LogP contribution is -2.43. The predicted molar refractivity (Wildman–Crippen MR) is 74.8 cm³/mol. The standard InChI is InChI=1S/C15H22N2O2/c1-3-16-14-10-19-9-13(14)15(18)17-8-12-7-5-4-6-11(12)2/h4-7,13-14,16H,3,8-10H2,1-2H3,(H,17,18). The molecule has 4 heteroatoms. The largest absolute Gasteiger partial charge is 0.379 e. The van der Waals surface area contributed by atoms with E-state index >= 15 is 0 Å². The highest BCUT2D eigenvalue weighted by molar-refractivity contribution is 5.79. The van der Waals surface area contributed by atoms with Gasteiger partial charge in [-0.15, -0.1) is 0 Å². The quantitative estimate of drug-likeness (QED) is 0.839. The van der Waals surface area contributed by atoms with Crippen molar-refractivity contribution < 1.29 is 9.53 Å². The van der Waals surface area contributed by atoms with E-state index in [1.165, 1.54) is 5.56 Å². The minimum atomic E-state index is -0.0797. The highest BCUT2D eigenvalue weighted by Crippen LogP contribution is 2.14. The molecule has 1 aromatic carbocycles. The van der Waals surface area contributed by atoms with Gasteiger partial charge in [-0.25, -0.2) is 0 Å². The van der Waals surface area contributed by atoms with Gasteiger partial charge >= 0.3 is 0 Å². The molecule has 2 N–H and O–H groups in total. The molecule has 1 aliphatic heterocycles. The number of ether oxygens (including phenoxy) is 1. The molecule has 0 radical (unpaired) electrons. The van der Waals surface area contributed by atoms with Crippen molar-refractivity contribution in [2.45, 2.75) is 26.4 Å². The Hall–Kier alpha value is -1.39. The van der Waals surface area contributed by atoms with Crippen LogP contribution in [0.3, 0.4) is 0 Å². The van der Waals surface area contributed by atoms with Crippen molar-refractivity contribution in [2.75, 3.05) is 19.8 Å². The van der Waals surface area contributed by atoms with E-state index in [1.54, 1.807) is 0 Å². The molecule has 19 heavy (non-hydrogen) atoms. The van der Waals surface area contributed by atoms with E-state index < -0.39 is 0 Å². The summed E-state index contributed by atoms with van der Waals surface area (Å²) in [6.07, 6.45) is 0. The summed E-state index contributed by atoms with van der Waals surface area (Å²) in [6, 6.07) is 8.24. The topological polar surface area (TPSA) is 50.4 Å². The van der Waals surface area contributed by atoms with E-state index in [2.05, 4.69) is 23.6 Å². The maximum atomic E-state index is 12.2. The van der Waals surface area contributed by atoms with Crippen molar-refractivity contribution in [3.63, 3.8) is 0 Å². The van der Waals surface area contributed by atoms with E-state index in [9.17, 15) is 4.79 Å². The molecule has 1 aliphatic rings. The summed E-state index contributed by atoms with van der Waals surface area (Å²) >= 11 is 0. The van der Waals surface area contributed by atoms with Gasteiger partial charge in [-0.05, 0) is 24.6 Å². The molecule has 0 bridgehead atoms. The average Bonchev–Trinajstić information content (AvgIpc) is 2.86. The fourth-order valence-corrected chi connectivity index (χ4v) is 2.40. The molecule has 2 atom stereocenters. The smallest absolute Gasteiger partial charge is 0.227 e. The number of nitrogens with one attached hydrogen (secondary N) is 2. The van der Waals surface area contributed by atoms with Gasteiger partial charge in [-0.3, -0.25) is 4.79 Å². The van der Waals surface area contributed by atoms with Gasteiger partial charge in [0.05, 0.1) is 19.1 Å². The second-order valence-corrected chi connectivity index (χ2v) is 4.95. The summed E-state index contributed by atoms with van der Waals surface area (Å²) in [5, 5.41) is 6.31. The molecule has 0 saturated carbocycles. The van der Waals surface area contributed by atoms with Gasteiger partial charge in [-0.2, -0.15) is 0 Å². The average molecular weight is 262 g/mol. The van der Waals surface area contributed by atoms with Crippen molar-refractivity contribution in [3.8, 4) is 0 Å². The monoisotopic (exact) mass is 262 g/mol. The molecule has 1 amide bonds. The first-order valence-electron chi connectivity index (χ1n) is 6.85. The van der Waals surface area contributed by atoms with Gasteiger partial charge in [-0.1, -0.05) is 31.2 Å². The van der Waals surface area contributed by atoms with Crippen LogP contribution in [0.1, 0.15) is 18.1 Å². The first-order valence-corrected chi connectivity index (χ1v) is 6.85. The third-order valence-corrected chi connectivity index (χ3v) is 3.60. The highest BCUT2D eigenvalue weighted by Gasteiger charge is 2.33. The fourth-order valence-electron chi connectivity index (χ4n) is 2.40. The summed E-state index contributed by atoms with van der Waals surface area (Å²) < 4.78 is 5.40. The van der Waals surface area contributed by atoms with E-state index in [0.717, 1.165) is 12.1 Å². The van der Waals surface area contributed by atoms with E-state index in [-0.39, 0.29) is 17.9 Å². The van der Waals surface area contributed by atoms with Crippen LogP contribution in [0.15, 0.2) is 24.3 Å². The third kappa shape index (κ3) is 3.55. The van der Waals surface area contributed by atoms with Crippen LogP contribution in [-0.2, 0) is 16.1 Å². The van der Waals surface area contributed by atoms with Crippen LogP contribution in [0, 0.1) is 12.8 Å². The van der Waals surface area contributed by atoms with Gasteiger partial charge in [0, 0.05) is 12.6 Å². The summed E-state index contributed by atoms with van der Waals surface area (Å²) in [6.45, 7) is 6.67. The highest BCUT2D eigenvalue weighted by atomic mass is 16.5. The third-order valence-electron chi connectivity index (χ3n) is 3.60. The molecule has 0 spiro atoms. The minimum absolute atomic E-state index is 0.0757. The molecule has 2 rings (SSSR count). The number of amides is 1. The Balaban J connectivity index is 1.89. The van der Waals surface area contributed by atoms with Crippen LogP contribution in [0.4, 0.5) is 0 Å². The Labute approximate surface area is 114 Å². The number of hydrogen-bond donors (Lipinski definition) is 2. The molecule has 1 aromatic rings. The molecular weight excluding hydrogens is 240 g/mol. The van der Waals surface area contributed by atoms with Crippen molar-refractivity contribution in [1.82, 2.24) is 10.6 Å². The van der Waals surface area contributed by atoms with Crippen LogP contribution < -0.4 is 10.6 Å². The Kier molecular flexibility index (Phi) is 4.93. The maximum Gasteiger partial charge on any atom is 0.227 e. The summed E-state index contributed by atoms with van der Waals surface area (Å²) in [5.74, 6) is -0.00401. The molecule has 0 aliphatic carbocycles. The van der Waals surface area contributed by atoms with Crippen molar-refractivity contribution in [2.24, 2.45) is 5.92 Å². The van der Waals surface area contributed by atoms with Gasteiger partial charge in [0.25, 0.3) is 0 Å². The zero-order chi connectivity index (χ0) is 13.7. The van der Waals surface area contributed by atoms with Crippen molar-refractivity contribution in [1.29, 1.82) is 0 Å². The van der Waals surface area contributed by atoms with Crippen LogP contribution in [0.2, 0.25) is 0 Å². The number of carbonyl (C=O) groups is 1. The maximum absolute atomic E-state index is 12.2. The second-order valence-electron chi connectivity index (χ2n) is 4.95. The Morgan fingerprint density at radius 1 is 1.37 bits per heavy atom. The molecular formula is C15H22N2O2. The van der Waals surface area contributed by atoms with E-state index in [1.807, 2.05) is 25.1 Å². The van der Waals surface area contributed by atoms with Crippen LogP contribution in [0.25, 0.3) is 0 Å². The Bertz CT molecular complexity index is 434. The number of aryl methyl sites for hydroxylation is 1. The molecule has 0 aromatic heterocycles. The molecule has 4 nitrogen and oxygen atoms in total. The van der Waals surface area contributed by atoms with Crippen molar-refractivity contribution >= 4 is 5.91 Å². The Morgan fingerprint density at radius 2 is 2.16 bits per heavy atom. The van der Waals surface area contributed by atoms with Gasteiger partial charge < -0.3 is 15.4 Å². The Morgan fingerprint density at radius 3 is 2.89 bits per heavy atom. The van der Waals surface area contributed by atoms with Crippen LogP contribution >= 0.6 is 0 Å². The summed E-state index contributed by atoms with van der Waals surface area (Å²) in [5.41, 5.74) is 2.36. The van der Waals surface area contributed by atoms with Crippen LogP contribution in [-0.4, -0.2) is 31.7 Å². The SMILES string of the molecule is CCNC1COCC1C(=O)NCc1ccccc1C. The van der Waals surface area contributed by atoms with Gasteiger partial charge in [0.2, 0.25) is 5.91 Å². The zero-order valence-corrected chi connectivity index (χ0v) is 11.6. The number of carbonyl (C=O) groups excluding carboxylic acids is 1. The number of benzene rings is 1. The molecule has 1 fully saturated rings. The lowest BCUT2D eigenvalue weighted by molar-refractivity contribution is -0.125.